The molecule has 0 radical (unpaired) electrons. The van der Waals surface area contributed by atoms with Crippen LogP contribution in [0.5, 0.6) is 0 Å². The quantitative estimate of drug-likeness (QED) is 0.651. The van der Waals surface area contributed by atoms with E-state index in [0.29, 0.717) is 0 Å². The SMILES string of the molecule is C[C@@H]1OC(C)(C)N(C(=O)OC(C)(C)C)[C@H]1C#N. The average molecular weight is 240 g/mol. The summed E-state index contributed by atoms with van der Waals surface area (Å²) in [7, 11) is 0. The van der Waals surface area contributed by atoms with Gasteiger partial charge in [0.1, 0.15) is 11.3 Å². The Kier molecular flexibility index (Phi) is 3.40. The number of hydrogen-bond acceptors (Lipinski definition) is 4. The van der Waals surface area contributed by atoms with Crippen molar-refractivity contribution in [3.05, 3.63) is 0 Å². The molecule has 0 aromatic carbocycles. The summed E-state index contributed by atoms with van der Waals surface area (Å²) in [5, 5.41) is 9.11. The second-order valence-electron chi connectivity index (χ2n) is 5.69. The van der Waals surface area contributed by atoms with E-state index in [-0.39, 0.29) is 6.10 Å². The van der Waals surface area contributed by atoms with Crippen molar-refractivity contribution in [3.63, 3.8) is 0 Å². The lowest BCUT2D eigenvalue weighted by Crippen LogP contribution is -2.49. The zero-order valence-corrected chi connectivity index (χ0v) is 11.3. The van der Waals surface area contributed by atoms with Crippen LogP contribution >= 0.6 is 0 Å². The topological polar surface area (TPSA) is 62.6 Å². The van der Waals surface area contributed by atoms with Crippen LogP contribution in [0.3, 0.4) is 0 Å². The maximum Gasteiger partial charge on any atom is 0.413 e. The van der Waals surface area contributed by atoms with Crippen LogP contribution in [0.4, 0.5) is 4.79 Å². The van der Waals surface area contributed by atoms with E-state index >= 15 is 0 Å². The smallest absolute Gasteiger partial charge is 0.413 e. The van der Waals surface area contributed by atoms with Crippen LogP contribution in [0.2, 0.25) is 0 Å². The van der Waals surface area contributed by atoms with Gasteiger partial charge in [0.2, 0.25) is 0 Å². The fraction of sp³-hybridized carbons (Fsp3) is 0.833. The highest BCUT2D eigenvalue weighted by Crippen LogP contribution is 2.33. The third-order valence-electron chi connectivity index (χ3n) is 2.50. The highest BCUT2D eigenvalue weighted by molar-refractivity contribution is 5.70. The van der Waals surface area contributed by atoms with Gasteiger partial charge in [0.05, 0.1) is 12.2 Å². The maximum atomic E-state index is 12.1. The molecule has 0 bridgehead atoms. The lowest BCUT2D eigenvalue weighted by molar-refractivity contribution is -0.0751. The van der Waals surface area contributed by atoms with Gasteiger partial charge in [0.15, 0.2) is 6.04 Å². The largest absolute Gasteiger partial charge is 0.444 e. The van der Waals surface area contributed by atoms with Gasteiger partial charge in [-0.1, -0.05) is 0 Å². The van der Waals surface area contributed by atoms with Gasteiger partial charge in [-0.3, -0.25) is 4.90 Å². The van der Waals surface area contributed by atoms with Crippen molar-refractivity contribution in [2.45, 2.75) is 65.0 Å². The molecule has 1 aliphatic heterocycles. The van der Waals surface area contributed by atoms with Gasteiger partial charge in [-0.05, 0) is 41.5 Å². The summed E-state index contributed by atoms with van der Waals surface area (Å²) in [5.41, 5.74) is -1.40. The van der Waals surface area contributed by atoms with Crippen LogP contribution in [0.25, 0.3) is 0 Å². The first kappa shape index (κ1) is 13.8. The van der Waals surface area contributed by atoms with Crippen molar-refractivity contribution in [1.29, 1.82) is 5.26 Å². The number of amides is 1. The average Bonchev–Trinajstić information content (AvgIpc) is 2.31. The van der Waals surface area contributed by atoms with E-state index in [2.05, 4.69) is 6.07 Å². The van der Waals surface area contributed by atoms with E-state index < -0.39 is 23.5 Å². The number of nitriles is 1. The van der Waals surface area contributed by atoms with Gasteiger partial charge >= 0.3 is 6.09 Å². The molecule has 17 heavy (non-hydrogen) atoms. The number of ether oxygens (including phenoxy) is 2. The molecule has 0 unspecified atom stereocenters. The first-order valence-electron chi connectivity index (χ1n) is 5.68. The van der Waals surface area contributed by atoms with Gasteiger partial charge in [-0.25, -0.2) is 4.79 Å². The van der Waals surface area contributed by atoms with E-state index in [1.54, 1.807) is 41.5 Å². The molecule has 0 aromatic heterocycles. The zero-order valence-electron chi connectivity index (χ0n) is 11.3. The molecule has 96 valence electrons. The number of rotatable bonds is 0. The Hall–Kier alpha value is -1.28. The van der Waals surface area contributed by atoms with Crippen molar-refractivity contribution in [3.8, 4) is 6.07 Å². The van der Waals surface area contributed by atoms with Crippen molar-refractivity contribution in [1.82, 2.24) is 4.90 Å². The van der Waals surface area contributed by atoms with Gasteiger partial charge in [0.25, 0.3) is 0 Å². The van der Waals surface area contributed by atoms with Crippen molar-refractivity contribution < 1.29 is 14.3 Å². The highest BCUT2D eigenvalue weighted by atomic mass is 16.6. The van der Waals surface area contributed by atoms with Gasteiger partial charge in [-0.2, -0.15) is 5.26 Å². The van der Waals surface area contributed by atoms with Crippen LogP contribution in [-0.2, 0) is 9.47 Å². The zero-order chi connectivity index (χ0) is 13.4. The highest BCUT2D eigenvalue weighted by Gasteiger charge is 2.49. The Labute approximate surface area is 102 Å². The van der Waals surface area contributed by atoms with Crippen LogP contribution in [-0.4, -0.2) is 34.5 Å². The minimum atomic E-state index is -0.817. The fourth-order valence-electron chi connectivity index (χ4n) is 1.93. The van der Waals surface area contributed by atoms with Crippen molar-refractivity contribution in [2.75, 3.05) is 0 Å². The first-order valence-corrected chi connectivity index (χ1v) is 5.68. The molecule has 1 aliphatic rings. The van der Waals surface area contributed by atoms with Gasteiger partial charge in [-0.15, -0.1) is 0 Å². The summed E-state index contributed by atoms with van der Waals surface area (Å²) in [5.74, 6) is 0. The van der Waals surface area contributed by atoms with Crippen molar-refractivity contribution in [2.24, 2.45) is 0 Å². The Morgan fingerprint density at radius 3 is 2.41 bits per heavy atom. The summed E-state index contributed by atoms with van der Waals surface area (Å²) >= 11 is 0. The molecule has 0 aliphatic carbocycles. The van der Waals surface area contributed by atoms with Crippen LogP contribution in [0.1, 0.15) is 41.5 Å². The lowest BCUT2D eigenvalue weighted by atomic mass is 10.1. The molecule has 1 saturated heterocycles. The molecular formula is C12H20N2O3. The molecule has 5 nitrogen and oxygen atoms in total. The molecular weight excluding hydrogens is 220 g/mol. The van der Waals surface area contributed by atoms with Gasteiger partial charge < -0.3 is 9.47 Å². The van der Waals surface area contributed by atoms with E-state index in [4.69, 9.17) is 14.7 Å². The molecule has 1 amide bonds. The Bertz CT molecular complexity index is 352. The normalized spacial score (nSPS) is 27.7. The molecule has 0 spiro atoms. The first-order chi connectivity index (χ1) is 7.58. The van der Waals surface area contributed by atoms with E-state index in [0.717, 1.165) is 0 Å². The Balaban J connectivity index is 2.94. The fourth-order valence-corrected chi connectivity index (χ4v) is 1.93. The molecule has 1 fully saturated rings. The Morgan fingerprint density at radius 2 is 2.00 bits per heavy atom. The van der Waals surface area contributed by atoms with Crippen LogP contribution in [0.15, 0.2) is 0 Å². The number of carbonyl (C=O) groups is 1. The predicted molar refractivity (Wildman–Crippen MR) is 62.1 cm³/mol. The van der Waals surface area contributed by atoms with Crippen LogP contribution < -0.4 is 0 Å². The monoisotopic (exact) mass is 240 g/mol. The number of nitrogens with zero attached hydrogens (tertiary/aromatic N) is 2. The summed E-state index contributed by atoms with van der Waals surface area (Å²) in [4.78, 5) is 13.4. The number of hydrogen-bond donors (Lipinski definition) is 0. The van der Waals surface area contributed by atoms with Crippen molar-refractivity contribution >= 4 is 6.09 Å². The third-order valence-corrected chi connectivity index (χ3v) is 2.50. The minimum Gasteiger partial charge on any atom is -0.444 e. The molecule has 1 heterocycles. The summed E-state index contributed by atoms with van der Waals surface area (Å²) in [6.45, 7) is 10.7. The molecule has 0 aromatic rings. The molecule has 0 N–H and O–H groups in total. The number of carbonyl (C=O) groups excluding carboxylic acids is 1. The molecule has 2 atom stereocenters. The maximum absolute atomic E-state index is 12.1. The van der Waals surface area contributed by atoms with Gasteiger partial charge in [0, 0.05) is 0 Å². The molecule has 1 rings (SSSR count). The molecule has 5 heteroatoms. The van der Waals surface area contributed by atoms with Crippen LogP contribution in [0, 0.1) is 11.3 Å². The molecule has 0 saturated carbocycles. The lowest BCUT2D eigenvalue weighted by Gasteiger charge is -2.33. The van der Waals surface area contributed by atoms with E-state index in [9.17, 15) is 4.79 Å². The second kappa shape index (κ2) is 4.19. The van der Waals surface area contributed by atoms with E-state index in [1.807, 2.05) is 0 Å². The third kappa shape index (κ3) is 2.89. The standard InChI is InChI=1S/C12H20N2O3/c1-8-9(7-13)14(12(5,6)16-8)10(15)17-11(2,3)4/h8-9H,1-6H3/t8-,9-/m0/s1. The summed E-state index contributed by atoms with van der Waals surface area (Å²) in [6.07, 6.45) is -0.832. The predicted octanol–water partition coefficient (Wildman–Crippen LogP) is 2.27. The summed E-state index contributed by atoms with van der Waals surface area (Å²) < 4.78 is 10.9. The van der Waals surface area contributed by atoms with E-state index in [1.165, 1.54) is 4.90 Å². The summed E-state index contributed by atoms with van der Waals surface area (Å²) in [6, 6.07) is 1.47. The second-order valence-corrected chi connectivity index (χ2v) is 5.69. The minimum absolute atomic E-state index is 0.317. The Morgan fingerprint density at radius 1 is 1.47 bits per heavy atom.